The maximum absolute atomic E-state index is 13.2. The zero-order valence-electron chi connectivity index (χ0n) is 8.27. The van der Waals surface area contributed by atoms with Gasteiger partial charge in [-0.15, -0.1) is 0 Å². The Hall–Kier alpha value is -0.800. The van der Waals surface area contributed by atoms with Crippen molar-refractivity contribution in [3.05, 3.63) is 29.0 Å². The van der Waals surface area contributed by atoms with Crippen LogP contribution in [0.15, 0.2) is 18.2 Å². The smallest absolute Gasteiger partial charge is 0.147 e. The normalized spacial score (nSPS) is 11.5. The minimum absolute atomic E-state index is 0.313. The number of para-hydroxylation sites is 1. The molecule has 0 aliphatic heterocycles. The molecule has 0 atom stereocenters. The zero-order valence-corrected chi connectivity index (χ0v) is 9.03. The van der Waals surface area contributed by atoms with E-state index >= 15 is 0 Å². The third-order valence-corrected chi connectivity index (χ3v) is 2.00. The average Bonchev–Trinajstić information content (AvgIpc) is 2.01. The molecule has 1 rings (SSSR count). The molecule has 78 valence electrons. The molecule has 0 radical (unpaired) electrons. The van der Waals surface area contributed by atoms with Crippen LogP contribution in [0.4, 0.5) is 10.1 Å². The van der Waals surface area contributed by atoms with Gasteiger partial charge in [-0.3, -0.25) is 0 Å². The van der Waals surface area contributed by atoms with E-state index in [0.29, 0.717) is 17.3 Å². The van der Waals surface area contributed by atoms with E-state index in [9.17, 15) is 4.39 Å². The molecule has 0 aliphatic carbocycles. The van der Waals surface area contributed by atoms with Crippen LogP contribution >= 0.6 is 11.6 Å². The lowest BCUT2D eigenvalue weighted by molar-refractivity contribution is 0.546. The van der Waals surface area contributed by atoms with Crippen LogP contribution in [0.25, 0.3) is 0 Å². The first-order chi connectivity index (χ1) is 6.40. The fourth-order valence-electron chi connectivity index (χ4n) is 0.983. The van der Waals surface area contributed by atoms with Crippen molar-refractivity contribution in [1.82, 2.24) is 0 Å². The van der Waals surface area contributed by atoms with Crippen LogP contribution in [0, 0.1) is 5.82 Å². The second-order valence-corrected chi connectivity index (χ2v) is 4.35. The van der Waals surface area contributed by atoms with Crippen molar-refractivity contribution in [2.24, 2.45) is 5.73 Å². The highest BCUT2D eigenvalue weighted by atomic mass is 35.5. The highest BCUT2D eigenvalue weighted by molar-refractivity contribution is 6.33. The molecule has 1 aromatic carbocycles. The highest BCUT2D eigenvalue weighted by Gasteiger charge is 2.12. The van der Waals surface area contributed by atoms with Crippen molar-refractivity contribution in [2.75, 3.05) is 11.9 Å². The van der Waals surface area contributed by atoms with Crippen LogP contribution in [0.2, 0.25) is 5.02 Å². The molecule has 4 heteroatoms. The SMILES string of the molecule is CC(C)(N)CNc1c(F)cccc1Cl. The van der Waals surface area contributed by atoms with Crippen LogP contribution in [0.1, 0.15) is 13.8 Å². The Morgan fingerprint density at radius 2 is 2.14 bits per heavy atom. The summed E-state index contributed by atoms with van der Waals surface area (Å²) in [6, 6.07) is 4.56. The third kappa shape index (κ3) is 3.16. The Kier molecular flexibility index (Phi) is 3.34. The summed E-state index contributed by atoms with van der Waals surface area (Å²) < 4.78 is 13.2. The van der Waals surface area contributed by atoms with Gasteiger partial charge in [-0.05, 0) is 26.0 Å². The topological polar surface area (TPSA) is 38.0 Å². The predicted molar refractivity (Wildman–Crippen MR) is 58.2 cm³/mol. The number of anilines is 1. The number of hydrogen-bond donors (Lipinski definition) is 2. The Balaban J connectivity index is 2.77. The summed E-state index contributed by atoms with van der Waals surface area (Å²) in [4.78, 5) is 0. The lowest BCUT2D eigenvalue weighted by Crippen LogP contribution is -2.39. The summed E-state index contributed by atoms with van der Waals surface area (Å²) >= 11 is 5.82. The second-order valence-electron chi connectivity index (χ2n) is 3.94. The summed E-state index contributed by atoms with van der Waals surface area (Å²) in [6.45, 7) is 4.18. The van der Waals surface area contributed by atoms with E-state index in [4.69, 9.17) is 17.3 Å². The first kappa shape index (κ1) is 11.3. The second kappa shape index (κ2) is 4.15. The fourth-order valence-corrected chi connectivity index (χ4v) is 1.21. The maximum Gasteiger partial charge on any atom is 0.147 e. The van der Waals surface area contributed by atoms with Crippen molar-refractivity contribution < 1.29 is 4.39 Å². The van der Waals surface area contributed by atoms with Gasteiger partial charge in [0.2, 0.25) is 0 Å². The quantitative estimate of drug-likeness (QED) is 0.815. The molecule has 0 aliphatic rings. The summed E-state index contributed by atoms with van der Waals surface area (Å²) in [5.74, 6) is -0.359. The lowest BCUT2D eigenvalue weighted by Gasteiger charge is -2.20. The van der Waals surface area contributed by atoms with Gasteiger partial charge < -0.3 is 11.1 Å². The Morgan fingerprint density at radius 1 is 1.50 bits per heavy atom. The van der Waals surface area contributed by atoms with Gasteiger partial charge >= 0.3 is 0 Å². The standard InChI is InChI=1S/C10H14ClFN2/c1-10(2,13)6-14-9-7(11)4-3-5-8(9)12/h3-5,14H,6,13H2,1-2H3. The van der Waals surface area contributed by atoms with Gasteiger partial charge in [-0.2, -0.15) is 0 Å². The van der Waals surface area contributed by atoms with E-state index in [2.05, 4.69) is 5.32 Å². The molecular formula is C10H14ClFN2. The molecule has 0 saturated carbocycles. The first-order valence-corrected chi connectivity index (χ1v) is 4.75. The van der Waals surface area contributed by atoms with E-state index in [0.717, 1.165) is 0 Å². The Labute approximate surface area is 88.2 Å². The number of benzene rings is 1. The van der Waals surface area contributed by atoms with Gasteiger partial charge in [0.1, 0.15) is 5.82 Å². The zero-order chi connectivity index (χ0) is 10.8. The summed E-state index contributed by atoms with van der Waals surface area (Å²) in [6.07, 6.45) is 0. The Morgan fingerprint density at radius 3 is 2.64 bits per heavy atom. The molecule has 0 saturated heterocycles. The van der Waals surface area contributed by atoms with E-state index in [1.54, 1.807) is 12.1 Å². The van der Waals surface area contributed by atoms with Crippen LogP contribution in [0.5, 0.6) is 0 Å². The molecule has 3 N–H and O–H groups in total. The van der Waals surface area contributed by atoms with Gasteiger partial charge in [0.15, 0.2) is 0 Å². The monoisotopic (exact) mass is 216 g/mol. The van der Waals surface area contributed by atoms with E-state index in [1.807, 2.05) is 13.8 Å². The van der Waals surface area contributed by atoms with Gasteiger partial charge in [0.25, 0.3) is 0 Å². The van der Waals surface area contributed by atoms with Gasteiger partial charge in [-0.25, -0.2) is 4.39 Å². The average molecular weight is 217 g/mol. The fraction of sp³-hybridized carbons (Fsp3) is 0.400. The lowest BCUT2D eigenvalue weighted by atomic mass is 10.1. The molecule has 0 heterocycles. The molecular weight excluding hydrogens is 203 g/mol. The molecule has 0 unspecified atom stereocenters. The van der Waals surface area contributed by atoms with Crippen molar-refractivity contribution in [1.29, 1.82) is 0 Å². The van der Waals surface area contributed by atoms with Crippen molar-refractivity contribution in [3.63, 3.8) is 0 Å². The number of hydrogen-bond acceptors (Lipinski definition) is 2. The summed E-state index contributed by atoms with van der Waals surface area (Å²) in [7, 11) is 0. The van der Waals surface area contributed by atoms with Gasteiger partial charge in [-0.1, -0.05) is 17.7 Å². The number of nitrogens with one attached hydrogen (secondary N) is 1. The molecule has 2 nitrogen and oxygen atoms in total. The molecule has 0 amide bonds. The van der Waals surface area contributed by atoms with Crippen LogP contribution in [-0.4, -0.2) is 12.1 Å². The molecule has 0 bridgehead atoms. The van der Waals surface area contributed by atoms with E-state index < -0.39 is 5.54 Å². The summed E-state index contributed by atoms with van der Waals surface area (Å²) in [5, 5.41) is 3.26. The molecule has 14 heavy (non-hydrogen) atoms. The molecule has 1 aromatic rings. The largest absolute Gasteiger partial charge is 0.380 e. The predicted octanol–water partition coefficient (Wildman–Crippen LogP) is 2.63. The van der Waals surface area contributed by atoms with Gasteiger partial charge in [0, 0.05) is 12.1 Å². The molecule has 0 fully saturated rings. The third-order valence-electron chi connectivity index (χ3n) is 1.68. The van der Waals surface area contributed by atoms with Gasteiger partial charge in [0.05, 0.1) is 10.7 Å². The van der Waals surface area contributed by atoms with Crippen molar-refractivity contribution in [2.45, 2.75) is 19.4 Å². The van der Waals surface area contributed by atoms with E-state index in [1.165, 1.54) is 6.07 Å². The van der Waals surface area contributed by atoms with Crippen molar-refractivity contribution in [3.8, 4) is 0 Å². The molecule has 0 spiro atoms. The summed E-state index contributed by atoms with van der Waals surface area (Å²) in [5.41, 5.74) is 5.67. The van der Waals surface area contributed by atoms with Crippen LogP contribution in [-0.2, 0) is 0 Å². The number of rotatable bonds is 3. The van der Waals surface area contributed by atoms with E-state index in [-0.39, 0.29) is 5.82 Å². The minimum Gasteiger partial charge on any atom is -0.380 e. The number of nitrogens with two attached hydrogens (primary N) is 1. The van der Waals surface area contributed by atoms with Crippen LogP contribution < -0.4 is 11.1 Å². The minimum atomic E-state index is -0.397. The maximum atomic E-state index is 13.2. The number of halogens is 2. The first-order valence-electron chi connectivity index (χ1n) is 4.37. The van der Waals surface area contributed by atoms with Crippen molar-refractivity contribution >= 4 is 17.3 Å². The Bertz CT molecular complexity index is 300. The highest BCUT2D eigenvalue weighted by Crippen LogP contribution is 2.24. The molecule has 0 aromatic heterocycles. The van der Waals surface area contributed by atoms with Crippen LogP contribution in [0.3, 0.4) is 0 Å².